The van der Waals surface area contributed by atoms with Gasteiger partial charge in [0.25, 0.3) is 0 Å². The van der Waals surface area contributed by atoms with Gasteiger partial charge in [0, 0.05) is 24.5 Å². The summed E-state index contributed by atoms with van der Waals surface area (Å²) in [6.07, 6.45) is 9.40. The Labute approximate surface area is 136 Å². The first kappa shape index (κ1) is 16.9. The van der Waals surface area contributed by atoms with Crippen LogP contribution in [0.25, 0.3) is 0 Å². The number of nitrogens with zero attached hydrogens (tertiary/aromatic N) is 2. The van der Waals surface area contributed by atoms with Crippen molar-refractivity contribution in [1.29, 1.82) is 0 Å². The van der Waals surface area contributed by atoms with Gasteiger partial charge in [0.05, 0.1) is 10.7 Å². The standard InChI is InChI=1S/C17H25N3OS/c1-3-4-5-6-17(21)18-11-15-7-9-20(10-8-15)12-16-13-22-14(2)19-16/h3-6,13,15H,7-12H2,1-2H3,(H,18,21)/b4-3+,6-5+. The first-order valence-corrected chi connectivity index (χ1v) is 8.76. The molecule has 0 aromatic carbocycles. The van der Waals surface area contributed by atoms with E-state index in [-0.39, 0.29) is 5.91 Å². The minimum Gasteiger partial charge on any atom is -0.352 e. The van der Waals surface area contributed by atoms with Crippen molar-refractivity contribution in [2.75, 3.05) is 19.6 Å². The van der Waals surface area contributed by atoms with E-state index in [0.29, 0.717) is 5.92 Å². The Morgan fingerprint density at radius 1 is 1.45 bits per heavy atom. The van der Waals surface area contributed by atoms with Crippen molar-refractivity contribution < 1.29 is 4.79 Å². The fourth-order valence-electron chi connectivity index (χ4n) is 2.62. The van der Waals surface area contributed by atoms with E-state index in [1.54, 1.807) is 23.5 Å². The van der Waals surface area contributed by atoms with E-state index in [1.165, 1.54) is 5.69 Å². The summed E-state index contributed by atoms with van der Waals surface area (Å²) in [4.78, 5) is 18.6. The van der Waals surface area contributed by atoms with E-state index in [1.807, 2.05) is 26.0 Å². The number of aryl methyl sites for hydroxylation is 1. The van der Waals surface area contributed by atoms with Crippen LogP contribution in [0.4, 0.5) is 0 Å². The Bertz CT molecular complexity index is 528. The van der Waals surface area contributed by atoms with Crippen LogP contribution < -0.4 is 5.32 Å². The fourth-order valence-corrected chi connectivity index (χ4v) is 3.22. The van der Waals surface area contributed by atoms with Crippen molar-refractivity contribution >= 4 is 17.2 Å². The zero-order valence-electron chi connectivity index (χ0n) is 13.4. The molecule has 2 heterocycles. The maximum Gasteiger partial charge on any atom is 0.243 e. The van der Waals surface area contributed by atoms with Gasteiger partial charge in [0.2, 0.25) is 5.91 Å². The van der Waals surface area contributed by atoms with Gasteiger partial charge in [-0.3, -0.25) is 9.69 Å². The van der Waals surface area contributed by atoms with E-state index < -0.39 is 0 Å². The van der Waals surface area contributed by atoms with E-state index in [9.17, 15) is 4.79 Å². The topological polar surface area (TPSA) is 45.2 Å². The largest absolute Gasteiger partial charge is 0.352 e. The van der Waals surface area contributed by atoms with Crippen molar-refractivity contribution in [2.24, 2.45) is 5.92 Å². The number of rotatable bonds is 6. The summed E-state index contributed by atoms with van der Waals surface area (Å²) in [5.74, 6) is 0.589. The van der Waals surface area contributed by atoms with Gasteiger partial charge in [-0.25, -0.2) is 4.98 Å². The first-order valence-electron chi connectivity index (χ1n) is 7.88. The smallest absolute Gasteiger partial charge is 0.243 e. The van der Waals surface area contributed by atoms with Crippen LogP contribution >= 0.6 is 11.3 Å². The molecular formula is C17H25N3OS. The van der Waals surface area contributed by atoms with Crippen LogP contribution in [-0.4, -0.2) is 35.4 Å². The van der Waals surface area contributed by atoms with Crippen molar-refractivity contribution in [1.82, 2.24) is 15.2 Å². The predicted molar refractivity (Wildman–Crippen MR) is 91.8 cm³/mol. The zero-order valence-corrected chi connectivity index (χ0v) is 14.2. The molecule has 1 saturated heterocycles. The van der Waals surface area contributed by atoms with E-state index in [2.05, 4.69) is 20.6 Å². The Hall–Kier alpha value is -1.46. The highest BCUT2D eigenvalue weighted by molar-refractivity contribution is 7.09. The summed E-state index contributed by atoms with van der Waals surface area (Å²) in [5.41, 5.74) is 1.18. The van der Waals surface area contributed by atoms with Gasteiger partial charge in [-0.2, -0.15) is 0 Å². The van der Waals surface area contributed by atoms with Gasteiger partial charge in [0.1, 0.15) is 0 Å². The van der Waals surface area contributed by atoms with Crippen LogP contribution in [0.15, 0.2) is 29.7 Å². The van der Waals surface area contributed by atoms with Crippen molar-refractivity contribution in [3.05, 3.63) is 40.4 Å². The van der Waals surface area contributed by atoms with E-state index in [4.69, 9.17) is 0 Å². The first-order chi connectivity index (χ1) is 10.7. The molecule has 1 N–H and O–H groups in total. The van der Waals surface area contributed by atoms with Crippen LogP contribution in [0, 0.1) is 12.8 Å². The highest BCUT2D eigenvalue weighted by Gasteiger charge is 2.20. The number of allylic oxidation sites excluding steroid dienone is 3. The maximum absolute atomic E-state index is 11.6. The molecule has 1 aromatic heterocycles. The van der Waals surface area contributed by atoms with Gasteiger partial charge in [-0.05, 0) is 45.7 Å². The average molecular weight is 319 g/mol. The third-order valence-electron chi connectivity index (χ3n) is 3.88. The summed E-state index contributed by atoms with van der Waals surface area (Å²) in [5, 5.41) is 6.28. The lowest BCUT2D eigenvalue weighted by atomic mass is 9.96. The molecule has 4 nitrogen and oxygen atoms in total. The fraction of sp³-hybridized carbons (Fsp3) is 0.529. The Morgan fingerprint density at radius 2 is 2.23 bits per heavy atom. The number of amides is 1. The highest BCUT2D eigenvalue weighted by atomic mass is 32.1. The number of thiazole rings is 1. The van der Waals surface area contributed by atoms with Gasteiger partial charge in [-0.15, -0.1) is 11.3 Å². The summed E-state index contributed by atoms with van der Waals surface area (Å²) in [6, 6.07) is 0. The molecule has 0 spiro atoms. The van der Waals surface area contributed by atoms with Gasteiger partial charge in [0.15, 0.2) is 0 Å². The summed E-state index contributed by atoms with van der Waals surface area (Å²) >= 11 is 1.72. The monoisotopic (exact) mass is 319 g/mol. The third kappa shape index (κ3) is 5.73. The predicted octanol–water partition coefficient (Wildman–Crippen LogP) is 2.91. The van der Waals surface area contributed by atoms with E-state index >= 15 is 0 Å². The Balaban J connectivity index is 1.65. The van der Waals surface area contributed by atoms with Crippen LogP contribution in [-0.2, 0) is 11.3 Å². The molecule has 1 fully saturated rings. The number of hydrogen-bond acceptors (Lipinski definition) is 4. The number of likely N-dealkylation sites (tertiary alicyclic amines) is 1. The van der Waals surface area contributed by atoms with Crippen LogP contribution in [0.5, 0.6) is 0 Å². The van der Waals surface area contributed by atoms with Crippen LogP contribution in [0.2, 0.25) is 0 Å². The molecule has 0 atom stereocenters. The quantitative estimate of drug-likeness (QED) is 0.648. The number of nitrogens with one attached hydrogen (secondary N) is 1. The molecule has 0 radical (unpaired) electrons. The van der Waals surface area contributed by atoms with Crippen molar-refractivity contribution in [3.63, 3.8) is 0 Å². The highest BCUT2D eigenvalue weighted by Crippen LogP contribution is 2.19. The third-order valence-corrected chi connectivity index (χ3v) is 4.70. The molecule has 1 aromatic rings. The number of aromatic nitrogens is 1. The summed E-state index contributed by atoms with van der Waals surface area (Å²) in [6.45, 7) is 7.89. The lowest BCUT2D eigenvalue weighted by molar-refractivity contribution is -0.116. The second-order valence-electron chi connectivity index (χ2n) is 5.71. The second-order valence-corrected chi connectivity index (χ2v) is 6.77. The van der Waals surface area contributed by atoms with Gasteiger partial charge in [-0.1, -0.05) is 18.2 Å². The lowest BCUT2D eigenvalue weighted by Gasteiger charge is -2.31. The minimum atomic E-state index is -0.00141. The Morgan fingerprint density at radius 3 is 2.86 bits per heavy atom. The number of carbonyl (C=O) groups is 1. The average Bonchev–Trinajstić information content (AvgIpc) is 2.92. The molecule has 0 unspecified atom stereocenters. The minimum absolute atomic E-state index is 0.00141. The maximum atomic E-state index is 11.6. The molecule has 5 heteroatoms. The molecular weight excluding hydrogens is 294 g/mol. The second kappa shape index (κ2) is 8.86. The molecule has 0 bridgehead atoms. The Kier molecular flexibility index (Phi) is 6.80. The number of hydrogen-bond donors (Lipinski definition) is 1. The van der Waals surface area contributed by atoms with Gasteiger partial charge < -0.3 is 5.32 Å². The SMILES string of the molecule is C/C=C/C=C/C(=O)NCC1CCN(Cc2csc(C)n2)CC1. The summed E-state index contributed by atoms with van der Waals surface area (Å²) < 4.78 is 0. The lowest BCUT2D eigenvalue weighted by Crippen LogP contribution is -2.38. The molecule has 1 aliphatic rings. The molecule has 22 heavy (non-hydrogen) atoms. The number of piperidine rings is 1. The molecule has 1 aliphatic heterocycles. The number of carbonyl (C=O) groups excluding carboxylic acids is 1. The molecule has 120 valence electrons. The molecule has 1 amide bonds. The molecule has 0 aliphatic carbocycles. The van der Waals surface area contributed by atoms with Crippen molar-refractivity contribution in [2.45, 2.75) is 33.2 Å². The van der Waals surface area contributed by atoms with Crippen LogP contribution in [0.1, 0.15) is 30.5 Å². The zero-order chi connectivity index (χ0) is 15.8. The normalized spacial score (nSPS) is 17.5. The van der Waals surface area contributed by atoms with Gasteiger partial charge >= 0.3 is 0 Å². The molecule has 0 saturated carbocycles. The van der Waals surface area contributed by atoms with Crippen molar-refractivity contribution in [3.8, 4) is 0 Å². The summed E-state index contributed by atoms with van der Waals surface area (Å²) in [7, 11) is 0. The van der Waals surface area contributed by atoms with Crippen LogP contribution in [0.3, 0.4) is 0 Å². The van der Waals surface area contributed by atoms with E-state index in [0.717, 1.165) is 44.0 Å². The molecule has 2 rings (SSSR count).